The third-order valence-corrected chi connectivity index (χ3v) is 4.34. The third kappa shape index (κ3) is 4.06. The van der Waals surface area contributed by atoms with Crippen molar-refractivity contribution in [3.05, 3.63) is 40.9 Å². The van der Waals surface area contributed by atoms with Crippen LogP contribution in [0.2, 0.25) is 5.28 Å². The second-order valence-corrected chi connectivity index (χ2v) is 6.94. The van der Waals surface area contributed by atoms with E-state index in [1.165, 1.54) is 19.4 Å². The Morgan fingerprint density at radius 3 is 2.83 bits per heavy atom. The lowest BCUT2D eigenvalue weighted by atomic mass is 10.2. The van der Waals surface area contributed by atoms with Crippen LogP contribution in [0.1, 0.15) is 11.1 Å². The monoisotopic (exact) mass is 352 g/mol. The molecular formula is C13H13ClN6O2S. The number of hydrogen-bond acceptors (Lipinski definition) is 7. The highest BCUT2D eigenvalue weighted by Gasteiger charge is 2.17. The number of pyridine rings is 1. The molecule has 10 heteroatoms. The van der Waals surface area contributed by atoms with E-state index in [9.17, 15) is 8.42 Å². The molecule has 2 rings (SSSR count). The summed E-state index contributed by atoms with van der Waals surface area (Å²) in [5, 5.41) is 12.0. The number of nitrogens with zero attached hydrogens (tertiary/aromatic N) is 5. The summed E-state index contributed by atoms with van der Waals surface area (Å²) in [7, 11) is -2.02. The molecule has 2 aromatic heterocycles. The molecule has 0 fully saturated rings. The first kappa shape index (κ1) is 16.9. The lowest BCUT2D eigenvalue weighted by Gasteiger charge is -2.19. The predicted molar refractivity (Wildman–Crippen MR) is 86.6 cm³/mol. The number of sulfonamides is 1. The van der Waals surface area contributed by atoms with Gasteiger partial charge < -0.3 is 5.32 Å². The molecule has 0 aliphatic heterocycles. The Balaban J connectivity index is 2.29. The maximum absolute atomic E-state index is 11.7. The molecule has 0 bridgehead atoms. The minimum atomic E-state index is -3.44. The van der Waals surface area contributed by atoms with Crippen LogP contribution in [0.5, 0.6) is 0 Å². The molecule has 120 valence electrons. The van der Waals surface area contributed by atoms with Gasteiger partial charge in [0.05, 0.1) is 12.5 Å². The zero-order valence-electron chi connectivity index (χ0n) is 12.4. The van der Waals surface area contributed by atoms with E-state index in [4.69, 9.17) is 16.9 Å². The topological polar surface area (TPSA) is 112 Å². The van der Waals surface area contributed by atoms with Crippen LogP contribution in [0.15, 0.2) is 24.5 Å². The summed E-state index contributed by atoms with van der Waals surface area (Å²) in [4.78, 5) is 11.8. The Morgan fingerprint density at radius 2 is 2.17 bits per heavy atom. The summed E-state index contributed by atoms with van der Waals surface area (Å²) in [6.07, 6.45) is 3.91. The molecule has 2 aromatic rings. The number of hydrogen-bond donors (Lipinski definition) is 1. The molecule has 0 unspecified atom stereocenters. The van der Waals surface area contributed by atoms with Gasteiger partial charge in [0.1, 0.15) is 23.3 Å². The third-order valence-electron chi connectivity index (χ3n) is 2.99. The largest absolute Gasteiger partial charge is 0.365 e. The molecule has 23 heavy (non-hydrogen) atoms. The van der Waals surface area contributed by atoms with Gasteiger partial charge in [0.2, 0.25) is 15.3 Å². The first-order valence-electron chi connectivity index (χ1n) is 6.37. The van der Waals surface area contributed by atoms with Gasteiger partial charge in [0.15, 0.2) is 0 Å². The van der Waals surface area contributed by atoms with Crippen LogP contribution in [0.25, 0.3) is 0 Å². The van der Waals surface area contributed by atoms with Gasteiger partial charge in [-0.05, 0) is 17.7 Å². The van der Waals surface area contributed by atoms with Gasteiger partial charge in [0.25, 0.3) is 0 Å². The maximum Gasteiger partial charge on any atom is 0.233 e. The van der Waals surface area contributed by atoms with Crippen LogP contribution in [-0.4, -0.2) is 36.7 Å². The van der Waals surface area contributed by atoms with Gasteiger partial charge in [-0.25, -0.2) is 18.4 Å². The summed E-state index contributed by atoms with van der Waals surface area (Å²) in [6, 6.07) is 5.37. The molecule has 0 aliphatic rings. The minimum Gasteiger partial charge on any atom is -0.365 e. The van der Waals surface area contributed by atoms with E-state index >= 15 is 0 Å². The van der Waals surface area contributed by atoms with Crippen LogP contribution in [0.4, 0.5) is 11.6 Å². The fourth-order valence-corrected chi connectivity index (χ4v) is 2.38. The lowest BCUT2D eigenvalue weighted by Crippen LogP contribution is -2.27. The lowest BCUT2D eigenvalue weighted by molar-refractivity contribution is 0.599. The van der Waals surface area contributed by atoms with Crippen LogP contribution in [-0.2, 0) is 16.6 Å². The average Bonchev–Trinajstić information content (AvgIpc) is 2.51. The molecule has 0 spiro atoms. The molecule has 0 atom stereocenters. The first-order chi connectivity index (χ1) is 10.8. The van der Waals surface area contributed by atoms with Crippen molar-refractivity contribution in [2.75, 3.05) is 22.9 Å². The summed E-state index contributed by atoms with van der Waals surface area (Å²) in [5.41, 5.74) is 0.857. The van der Waals surface area contributed by atoms with Gasteiger partial charge >= 0.3 is 0 Å². The van der Waals surface area contributed by atoms with Crippen LogP contribution in [0, 0.1) is 11.3 Å². The van der Waals surface area contributed by atoms with Crippen molar-refractivity contribution in [2.45, 2.75) is 6.54 Å². The van der Waals surface area contributed by atoms with Gasteiger partial charge in [0, 0.05) is 25.4 Å². The van der Waals surface area contributed by atoms with Gasteiger partial charge in [-0.1, -0.05) is 6.07 Å². The highest BCUT2D eigenvalue weighted by molar-refractivity contribution is 7.92. The minimum absolute atomic E-state index is 0.00571. The molecule has 0 radical (unpaired) electrons. The van der Waals surface area contributed by atoms with E-state index in [2.05, 4.69) is 20.3 Å². The van der Waals surface area contributed by atoms with E-state index in [0.717, 1.165) is 10.6 Å². The zero-order valence-corrected chi connectivity index (χ0v) is 13.9. The fraction of sp³-hybridized carbons (Fsp3) is 0.231. The smallest absolute Gasteiger partial charge is 0.233 e. The maximum atomic E-state index is 11.7. The van der Waals surface area contributed by atoms with Crippen molar-refractivity contribution in [1.82, 2.24) is 15.0 Å². The summed E-state index contributed by atoms with van der Waals surface area (Å²) < 4.78 is 24.5. The first-order valence-corrected chi connectivity index (χ1v) is 8.60. The molecule has 1 N–H and O–H groups in total. The van der Waals surface area contributed by atoms with Crippen molar-refractivity contribution in [3.8, 4) is 6.07 Å². The zero-order chi connectivity index (χ0) is 17.0. The molecule has 8 nitrogen and oxygen atoms in total. The Kier molecular flexibility index (Phi) is 4.98. The van der Waals surface area contributed by atoms with Crippen LogP contribution >= 0.6 is 11.6 Å². The van der Waals surface area contributed by atoms with E-state index in [-0.39, 0.29) is 23.2 Å². The van der Waals surface area contributed by atoms with E-state index < -0.39 is 10.0 Å². The van der Waals surface area contributed by atoms with E-state index in [0.29, 0.717) is 11.4 Å². The SMILES string of the molecule is CN(c1ncccc1CNc1nc(Cl)ncc1C#N)S(C)(=O)=O. The van der Waals surface area contributed by atoms with Crippen molar-refractivity contribution >= 4 is 33.3 Å². The van der Waals surface area contributed by atoms with Crippen molar-refractivity contribution in [2.24, 2.45) is 0 Å². The summed E-state index contributed by atoms with van der Waals surface area (Å²) in [6.45, 7) is 0.213. The molecule has 0 saturated heterocycles. The van der Waals surface area contributed by atoms with Crippen LogP contribution < -0.4 is 9.62 Å². The number of rotatable bonds is 5. The number of aromatic nitrogens is 3. The Hall–Kier alpha value is -2.44. The molecule has 0 aromatic carbocycles. The Morgan fingerprint density at radius 1 is 1.43 bits per heavy atom. The van der Waals surface area contributed by atoms with Gasteiger partial charge in [-0.15, -0.1) is 0 Å². The normalized spacial score (nSPS) is 10.9. The highest BCUT2D eigenvalue weighted by atomic mass is 35.5. The van der Waals surface area contributed by atoms with Crippen molar-refractivity contribution in [1.29, 1.82) is 5.26 Å². The standard InChI is InChI=1S/C13H13ClN6O2S/c1-20(23(2,21)22)12-9(4-3-5-16-12)7-17-11-10(6-15)8-18-13(14)19-11/h3-5,8H,7H2,1-2H3,(H,17,18,19). The fourth-order valence-electron chi connectivity index (χ4n) is 1.76. The van der Waals surface area contributed by atoms with Gasteiger partial charge in [-0.3, -0.25) is 4.31 Å². The van der Waals surface area contributed by atoms with E-state index in [1.807, 2.05) is 6.07 Å². The number of anilines is 2. The highest BCUT2D eigenvalue weighted by Crippen LogP contribution is 2.20. The molecule has 0 aliphatic carbocycles. The van der Waals surface area contributed by atoms with Crippen molar-refractivity contribution in [3.63, 3.8) is 0 Å². The molecule has 0 saturated carbocycles. The Labute approximate surface area is 138 Å². The second-order valence-electron chi connectivity index (χ2n) is 4.58. The summed E-state index contributed by atoms with van der Waals surface area (Å²) >= 11 is 5.73. The molecule has 2 heterocycles. The van der Waals surface area contributed by atoms with E-state index in [1.54, 1.807) is 12.1 Å². The number of nitriles is 1. The van der Waals surface area contributed by atoms with Crippen LogP contribution in [0.3, 0.4) is 0 Å². The Bertz CT molecular complexity index is 865. The van der Waals surface area contributed by atoms with Crippen molar-refractivity contribution < 1.29 is 8.42 Å². The molecule has 0 amide bonds. The van der Waals surface area contributed by atoms with Gasteiger partial charge in [-0.2, -0.15) is 10.2 Å². The number of halogens is 1. The number of nitrogens with one attached hydrogen (secondary N) is 1. The second kappa shape index (κ2) is 6.76. The quantitative estimate of drug-likeness (QED) is 0.809. The summed E-state index contributed by atoms with van der Waals surface area (Å²) in [5.74, 6) is 0.561. The predicted octanol–water partition coefficient (Wildman–Crippen LogP) is 1.40. The average molecular weight is 353 g/mol. The molecular weight excluding hydrogens is 340 g/mol.